The molecule has 1 aliphatic rings. The van der Waals surface area contributed by atoms with Gasteiger partial charge in [0.25, 0.3) is 5.91 Å². The maximum atomic E-state index is 12.8. The van der Waals surface area contributed by atoms with Crippen LogP contribution in [0.1, 0.15) is 32.6 Å². The molecule has 1 aliphatic heterocycles. The Morgan fingerprint density at radius 3 is 2.32 bits per heavy atom. The fourth-order valence-corrected chi connectivity index (χ4v) is 2.32. The van der Waals surface area contributed by atoms with Crippen molar-refractivity contribution >= 4 is 5.91 Å². The normalized spacial score (nSPS) is 17.7. The van der Waals surface area contributed by atoms with E-state index >= 15 is 0 Å². The quantitative estimate of drug-likeness (QED) is 0.841. The zero-order chi connectivity index (χ0) is 13.7. The van der Waals surface area contributed by atoms with Gasteiger partial charge in [-0.15, -0.1) is 0 Å². The molecule has 0 N–H and O–H groups in total. The SMILES string of the molecule is C[C@@H](Oc1ccc(F)cc1)C(=O)N1CCCCCC1. The summed E-state index contributed by atoms with van der Waals surface area (Å²) < 4.78 is 18.4. The lowest BCUT2D eigenvalue weighted by Crippen LogP contribution is -2.40. The zero-order valence-electron chi connectivity index (χ0n) is 11.3. The van der Waals surface area contributed by atoms with Crippen molar-refractivity contribution in [3.8, 4) is 5.75 Å². The first-order valence-corrected chi connectivity index (χ1v) is 6.88. The van der Waals surface area contributed by atoms with Crippen LogP contribution in [0.3, 0.4) is 0 Å². The van der Waals surface area contributed by atoms with E-state index in [2.05, 4.69) is 0 Å². The van der Waals surface area contributed by atoms with Crippen LogP contribution in [0.15, 0.2) is 24.3 Å². The molecule has 1 fully saturated rings. The summed E-state index contributed by atoms with van der Waals surface area (Å²) in [6.45, 7) is 3.38. The summed E-state index contributed by atoms with van der Waals surface area (Å²) in [6.07, 6.45) is 3.99. The zero-order valence-corrected chi connectivity index (χ0v) is 11.3. The lowest BCUT2D eigenvalue weighted by atomic mass is 10.2. The minimum atomic E-state index is -0.524. The fraction of sp³-hybridized carbons (Fsp3) is 0.533. The van der Waals surface area contributed by atoms with Gasteiger partial charge in [-0.3, -0.25) is 4.79 Å². The van der Waals surface area contributed by atoms with Crippen molar-refractivity contribution in [1.29, 1.82) is 0 Å². The van der Waals surface area contributed by atoms with E-state index in [1.54, 1.807) is 19.1 Å². The Hall–Kier alpha value is -1.58. The monoisotopic (exact) mass is 265 g/mol. The van der Waals surface area contributed by atoms with Crippen molar-refractivity contribution < 1.29 is 13.9 Å². The largest absolute Gasteiger partial charge is 0.481 e. The predicted octanol–water partition coefficient (Wildman–Crippen LogP) is 3.00. The van der Waals surface area contributed by atoms with E-state index in [1.807, 2.05) is 4.90 Å². The molecular formula is C15H20FNO2. The number of hydrogen-bond donors (Lipinski definition) is 0. The van der Waals surface area contributed by atoms with Crippen LogP contribution in [0.25, 0.3) is 0 Å². The number of ether oxygens (including phenoxy) is 1. The van der Waals surface area contributed by atoms with Gasteiger partial charge in [-0.05, 0) is 44.0 Å². The Morgan fingerprint density at radius 2 is 1.74 bits per heavy atom. The maximum Gasteiger partial charge on any atom is 0.263 e. The van der Waals surface area contributed by atoms with Crippen molar-refractivity contribution in [3.05, 3.63) is 30.1 Å². The molecule has 1 aromatic rings. The molecule has 1 saturated heterocycles. The molecule has 0 bridgehead atoms. The van der Waals surface area contributed by atoms with Crippen LogP contribution in [0.4, 0.5) is 4.39 Å². The van der Waals surface area contributed by atoms with Crippen LogP contribution in [0, 0.1) is 5.82 Å². The highest BCUT2D eigenvalue weighted by Gasteiger charge is 2.22. The number of likely N-dealkylation sites (tertiary alicyclic amines) is 1. The second kappa shape index (κ2) is 6.55. The van der Waals surface area contributed by atoms with Crippen LogP contribution < -0.4 is 4.74 Å². The highest BCUT2D eigenvalue weighted by atomic mass is 19.1. The summed E-state index contributed by atoms with van der Waals surface area (Å²) in [4.78, 5) is 14.1. The van der Waals surface area contributed by atoms with E-state index in [1.165, 1.54) is 25.0 Å². The first-order chi connectivity index (χ1) is 9.16. The second-order valence-electron chi connectivity index (χ2n) is 4.95. The highest BCUT2D eigenvalue weighted by molar-refractivity contribution is 5.80. The molecule has 0 saturated carbocycles. The summed E-state index contributed by atoms with van der Waals surface area (Å²) >= 11 is 0. The number of amides is 1. The number of benzene rings is 1. The van der Waals surface area contributed by atoms with E-state index in [-0.39, 0.29) is 11.7 Å². The molecule has 2 rings (SSSR count). The predicted molar refractivity (Wildman–Crippen MR) is 71.5 cm³/mol. The van der Waals surface area contributed by atoms with Gasteiger partial charge in [-0.1, -0.05) is 12.8 Å². The van der Waals surface area contributed by atoms with Crippen molar-refractivity contribution in [2.45, 2.75) is 38.7 Å². The summed E-state index contributed by atoms with van der Waals surface area (Å²) in [7, 11) is 0. The van der Waals surface area contributed by atoms with Crippen LogP contribution in [0.2, 0.25) is 0 Å². The highest BCUT2D eigenvalue weighted by Crippen LogP contribution is 2.16. The number of carbonyl (C=O) groups excluding carboxylic acids is 1. The van der Waals surface area contributed by atoms with E-state index in [4.69, 9.17) is 4.74 Å². The summed E-state index contributed by atoms with van der Waals surface area (Å²) in [5.41, 5.74) is 0. The number of hydrogen-bond acceptors (Lipinski definition) is 2. The first kappa shape index (κ1) is 13.8. The van der Waals surface area contributed by atoms with Gasteiger partial charge in [-0.2, -0.15) is 0 Å². The van der Waals surface area contributed by atoms with Gasteiger partial charge < -0.3 is 9.64 Å². The minimum absolute atomic E-state index is 0.0197. The number of rotatable bonds is 3. The molecule has 1 heterocycles. The third-order valence-electron chi connectivity index (χ3n) is 3.39. The molecule has 3 nitrogen and oxygen atoms in total. The second-order valence-corrected chi connectivity index (χ2v) is 4.95. The molecule has 4 heteroatoms. The van der Waals surface area contributed by atoms with Crippen molar-refractivity contribution in [3.63, 3.8) is 0 Å². The molecule has 0 aliphatic carbocycles. The van der Waals surface area contributed by atoms with Gasteiger partial charge in [-0.25, -0.2) is 4.39 Å². The molecule has 0 spiro atoms. The lowest BCUT2D eigenvalue weighted by molar-refractivity contribution is -0.137. The van der Waals surface area contributed by atoms with Gasteiger partial charge >= 0.3 is 0 Å². The molecule has 1 aromatic carbocycles. The van der Waals surface area contributed by atoms with Gasteiger partial charge in [0, 0.05) is 13.1 Å². The minimum Gasteiger partial charge on any atom is -0.481 e. The molecule has 0 radical (unpaired) electrons. The average molecular weight is 265 g/mol. The third-order valence-corrected chi connectivity index (χ3v) is 3.39. The average Bonchev–Trinajstić information content (AvgIpc) is 2.69. The number of nitrogens with zero attached hydrogens (tertiary/aromatic N) is 1. The lowest BCUT2D eigenvalue weighted by Gasteiger charge is -2.24. The van der Waals surface area contributed by atoms with E-state index in [0.717, 1.165) is 25.9 Å². The molecule has 0 unspecified atom stereocenters. The number of carbonyl (C=O) groups is 1. The van der Waals surface area contributed by atoms with Gasteiger partial charge in [0.05, 0.1) is 0 Å². The van der Waals surface area contributed by atoms with E-state index < -0.39 is 6.10 Å². The fourth-order valence-electron chi connectivity index (χ4n) is 2.32. The van der Waals surface area contributed by atoms with Crippen LogP contribution in [-0.2, 0) is 4.79 Å². The Morgan fingerprint density at radius 1 is 1.16 bits per heavy atom. The van der Waals surface area contributed by atoms with Crippen LogP contribution in [0.5, 0.6) is 5.75 Å². The Labute approximate surface area is 113 Å². The Balaban J connectivity index is 1.92. The Kier molecular flexibility index (Phi) is 4.77. The summed E-state index contributed by atoms with van der Waals surface area (Å²) in [5, 5.41) is 0. The van der Waals surface area contributed by atoms with E-state index in [9.17, 15) is 9.18 Å². The molecule has 19 heavy (non-hydrogen) atoms. The molecular weight excluding hydrogens is 245 g/mol. The maximum absolute atomic E-state index is 12.8. The van der Waals surface area contributed by atoms with Gasteiger partial charge in [0.1, 0.15) is 11.6 Å². The first-order valence-electron chi connectivity index (χ1n) is 6.88. The van der Waals surface area contributed by atoms with Crippen molar-refractivity contribution in [1.82, 2.24) is 4.90 Å². The van der Waals surface area contributed by atoms with Crippen LogP contribution in [-0.4, -0.2) is 30.0 Å². The summed E-state index contributed by atoms with van der Waals surface area (Å²) in [6, 6.07) is 5.75. The third kappa shape index (κ3) is 3.94. The molecule has 1 atom stereocenters. The molecule has 104 valence electrons. The van der Waals surface area contributed by atoms with Crippen molar-refractivity contribution in [2.24, 2.45) is 0 Å². The number of halogens is 1. The summed E-state index contributed by atoms with van der Waals surface area (Å²) in [5.74, 6) is 0.238. The van der Waals surface area contributed by atoms with Crippen LogP contribution >= 0.6 is 0 Å². The van der Waals surface area contributed by atoms with Gasteiger partial charge in [0.2, 0.25) is 0 Å². The van der Waals surface area contributed by atoms with Gasteiger partial charge in [0.15, 0.2) is 6.10 Å². The standard InChI is InChI=1S/C15H20FNO2/c1-12(19-14-8-6-13(16)7-9-14)15(18)17-10-4-2-3-5-11-17/h6-9,12H,2-5,10-11H2,1H3/t12-/m1/s1. The molecule has 1 amide bonds. The smallest absolute Gasteiger partial charge is 0.263 e. The van der Waals surface area contributed by atoms with E-state index in [0.29, 0.717) is 5.75 Å². The van der Waals surface area contributed by atoms with Crippen molar-refractivity contribution in [2.75, 3.05) is 13.1 Å². The topological polar surface area (TPSA) is 29.5 Å². The Bertz CT molecular complexity index is 411. The molecule has 0 aromatic heterocycles.